The molecule has 0 aliphatic heterocycles. The summed E-state index contributed by atoms with van der Waals surface area (Å²) in [6.45, 7) is 25.0. The summed E-state index contributed by atoms with van der Waals surface area (Å²) < 4.78 is 63.8. The van der Waals surface area contributed by atoms with Gasteiger partial charge in [0.05, 0.1) is 69.1 Å². The quantitative estimate of drug-likeness (QED) is 0.00914. The molecule has 684 valence electrons. The van der Waals surface area contributed by atoms with E-state index in [2.05, 4.69) is 182 Å². The van der Waals surface area contributed by atoms with E-state index in [1.165, 1.54) is 5.56 Å². The maximum Gasteiger partial charge on any atom is 0.313 e. The van der Waals surface area contributed by atoms with Gasteiger partial charge >= 0.3 is 23.9 Å². The van der Waals surface area contributed by atoms with E-state index in [1.54, 1.807) is 72.8 Å². The van der Waals surface area contributed by atoms with Crippen LogP contribution >= 0.6 is 181 Å². The molecule has 0 amide bonds. The van der Waals surface area contributed by atoms with Gasteiger partial charge in [0.15, 0.2) is 23.1 Å². The molecule has 0 aliphatic carbocycles. The number of nitrogens with zero attached hydrogens (tertiary/aromatic N) is 1. The second kappa shape index (κ2) is 51.4. The number of carbonyl (C=O) groups excluding carboxylic acids is 7. The standard InChI is InChI=1S/C32H33I2NO5.C25H27I2NO5.C21H19I2NO5.C21H18I2O5/c1-4-21(3)39-29(36)19-28-30(24-13-9-10-14-27(24)40-28)31(37)23-17-25(33)32(26(34)18-23)38-16-15-35(5-2)20-22-11-7-6-8-12-22;1-4-15(3)32-22(29)14-21-23(17-8-6-7-9-20(17)33-21)24(30)16-12-18(26)25(19(27)13-16)31-11-10-28-5-2;1-2-24-7-8-28-21-14(22)9-12(10-15(21)23)20(27)19-13-5-3-4-6-16(13)29-17(19)11-18(25)26;1-3-11(2)27-18(24)10-17-19(13-6-4-5-7-16(13)28-17)20(25)12-8-14(22)21(26)15(23)9-12/h6-14,17-18,21H,4-5,15-16,19-20H2,1-3H3;6-9,12-13,15,28H,4-5,10-11,14H2,1-3H3;3-6,9-10,24H,2,7-8,11H2,1H3,(H,25,26);4-9,11,26H,3,10H2,1-2H3/t21-;15-;;11-/m00.0/s1. The Kier molecular flexibility index (Phi) is 41.4. The number of esters is 3. The smallest absolute Gasteiger partial charge is 0.313 e. The number of carboxylic acids is 1. The van der Waals surface area contributed by atoms with Gasteiger partial charge in [0.2, 0.25) is 0 Å². The Hall–Kier alpha value is -7.38. The number of carboxylic acid groups (broad SMARTS) is 1. The summed E-state index contributed by atoms with van der Waals surface area (Å²) in [4.78, 5) is 105. The van der Waals surface area contributed by atoms with E-state index < -0.39 is 23.9 Å². The van der Waals surface area contributed by atoms with E-state index in [4.69, 9.17) is 46.1 Å². The van der Waals surface area contributed by atoms with Crippen LogP contribution < -0.4 is 24.8 Å². The molecule has 130 heavy (non-hydrogen) atoms. The van der Waals surface area contributed by atoms with Crippen LogP contribution in [-0.2, 0) is 65.6 Å². The minimum Gasteiger partial charge on any atom is -0.506 e. The fraction of sp³-hybridized carbons (Fsp3) is 0.293. The number of phenols is 1. The zero-order chi connectivity index (χ0) is 94.0. The van der Waals surface area contributed by atoms with Gasteiger partial charge in [0.1, 0.15) is 114 Å². The van der Waals surface area contributed by atoms with Crippen molar-refractivity contribution < 1.29 is 94.7 Å². The molecule has 4 N–H and O–H groups in total. The van der Waals surface area contributed by atoms with Gasteiger partial charge in [-0.1, -0.05) is 145 Å². The summed E-state index contributed by atoms with van der Waals surface area (Å²) in [6.07, 6.45) is 0.884. The van der Waals surface area contributed by atoms with Gasteiger partial charge in [-0.15, -0.1) is 0 Å². The lowest BCUT2D eigenvalue weighted by Crippen LogP contribution is -2.28. The van der Waals surface area contributed by atoms with Gasteiger partial charge in [-0.05, 0) is 319 Å². The molecule has 4 aromatic heterocycles. The van der Waals surface area contributed by atoms with Crippen LogP contribution in [0.2, 0.25) is 0 Å². The molecule has 0 bridgehead atoms. The van der Waals surface area contributed by atoms with Crippen molar-refractivity contribution in [1.29, 1.82) is 0 Å². The van der Waals surface area contributed by atoms with Gasteiger partial charge in [0, 0.05) is 70.0 Å². The van der Waals surface area contributed by atoms with E-state index in [-0.39, 0.29) is 84.4 Å². The number of hydrogen-bond acceptors (Lipinski definition) is 22. The molecular formula is C99H97I8N3O20. The van der Waals surface area contributed by atoms with Gasteiger partial charge in [-0.2, -0.15) is 0 Å². The number of ketones is 4. The Morgan fingerprint density at radius 3 is 0.915 bits per heavy atom. The normalized spacial score (nSPS) is 11.8. The first-order chi connectivity index (χ1) is 62.4. The largest absolute Gasteiger partial charge is 0.506 e. The number of hydrogen-bond donors (Lipinski definition) is 4. The molecular weight excluding hydrogens is 2570 g/mol. The average Bonchev–Trinajstić information content (AvgIpc) is 1.63. The third-order valence-electron chi connectivity index (χ3n) is 20.5. The zero-order valence-corrected chi connectivity index (χ0v) is 90.0. The lowest BCUT2D eigenvalue weighted by Gasteiger charge is -2.21. The fourth-order valence-electron chi connectivity index (χ4n) is 13.5. The number of furan rings is 4. The number of phenolic OH excluding ortho intramolecular Hbond substituents is 1. The second-order valence-electron chi connectivity index (χ2n) is 29.8. The molecule has 0 unspecified atom stereocenters. The van der Waals surface area contributed by atoms with Gasteiger partial charge in [-0.25, -0.2) is 0 Å². The third-order valence-corrected chi connectivity index (χ3v) is 26.9. The molecule has 13 rings (SSSR count). The highest BCUT2D eigenvalue weighted by molar-refractivity contribution is 14.1. The summed E-state index contributed by atoms with van der Waals surface area (Å²) in [5.74, 6) is 0.302. The Labute approximate surface area is 863 Å². The second-order valence-corrected chi connectivity index (χ2v) is 39.1. The van der Waals surface area contributed by atoms with Crippen LogP contribution in [0.25, 0.3) is 43.9 Å². The summed E-state index contributed by atoms with van der Waals surface area (Å²) in [6, 6.07) is 53.5. The number of aromatic hydroxyl groups is 1. The number of halogens is 8. The zero-order valence-electron chi connectivity index (χ0n) is 72.7. The van der Waals surface area contributed by atoms with Gasteiger partial charge < -0.3 is 66.9 Å². The van der Waals surface area contributed by atoms with Gasteiger partial charge in [-0.3, -0.25) is 43.3 Å². The highest BCUT2D eigenvalue weighted by atomic mass is 127. The average molecular weight is 2660 g/mol. The Bertz CT molecular complexity index is 6110. The summed E-state index contributed by atoms with van der Waals surface area (Å²) in [7, 11) is 0. The molecule has 0 spiro atoms. The number of rotatable bonds is 39. The monoisotopic (exact) mass is 2660 g/mol. The van der Waals surface area contributed by atoms with Crippen LogP contribution in [0.15, 0.2) is 194 Å². The number of ether oxygens (including phenoxy) is 6. The molecule has 0 radical (unpaired) electrons. The fourth-order valence-corrected chi connectivity index (χ4v) is 21.5. The lowest BCUT2D eigenvalue weighted by molar-refractivity contribution is -0.148. The Balaban J connectivity index is 0.000000182. The Morgan fingerprint density at radius 2 is 0.638 bits per heavy atom. The van der Waals surface area contributed by atoms with Crippen molar-refractivity contribution in [1.82, 2.24) is 15.5 Å². The summed E-state index contributed by atoms with van der Waals surface area (Å²) >= 11 is 17.1. The van der Waals surface area contributed by atoms with Crippen LogP contribution in [0.4, 0.5) is 0 Å². The minimum atomic E-state index is -1.05. The maximum absolute atomic E-state index is 13.9. The number of para-hydroxylation sites is 4. The highest BCUT2D eigenvalue weighted by Crippen LogP contribution is 2.40. The van der Waals surface area contributed by atoms with E-state index in [0.29, 0.717) is 140 Å². The first-order valence-electron chi connectivity index (χ1n) is 42.1. The van der Waals surface area contributed by atoms with Crippen molar-refractivity contribution in [3.63, 3.8) is 0 Å². The molecule has 3 atom stereocenters. The van der Waals surface area contributed by atoms with Crippen molar-refractivity contribution in [2.45, 2.75) is 132 Å². The molecule has 0 aliphatic rings. The topological polar surface area (TPSA) is 312 Å². The number of carbonyl (C=O) groups is 8. The number of nitrogens with one attached hydrogen (secondary N) is 2. The summed E-state index contributed by atoms with van der Waals surface area (Å²) in [5, 5.41) is 28.3. The predicted octanol–water partition coefficient (Wildman–Crippen LogP) is 23.4. The molecule has 0 saturated heterocycles. The van der Waals surface area contributed by atoms with Crippen molar-refractivity contribution in [2.75, 3.05) is 59.1 Å². The van der Waals surface area contributed by atoms with Gasteiger partial charge in [0.25, 0.3) is 0 Å². The molecule has 31 heteroatoms. The molecule has 23 nitrogen and oxygen atoms in total. The molecule has 0 saturated carbocycles. The Morgan fingerprint density at radius 1 is 0.369 bits per heavy atom. The maximum atomic E-state index is 13.9. The van der Waals surface area contributed by atoms with Crippen LogP contribution in [-0.4, -0.2) is 140 Å². The van der Waals surface area contributed by atoms with Crippen LogP contribution in [0.1, 0.15) is 174 Å². The number of aliphatic carboxylic acids is 1. The van der Waals surface area contributed by atoms with Crippen LogP contribution in [0.5, 0.6) is 23.0 Å². The van der Waals surface area contributed by atoms with Crippen molar-refractivity contribution >= 4 is 272 Å². The first-order valence-corrected chi connectivity index (χ1v) is 50.7. The van der Waals surface area contributed by atoms with Crippen LogP contribution in [0, 0.1) is 28.6 Å². The molecule has 0 fully saturated rings. The van der Waals surface area contributed by atoms with E-state index in [0.717, 1.165) is 90.9 Å². The van der Waals surface area contributed by atoms with E-state index in [9.17, 15) is 48.6 Å². The van der Waals surface area contributed by atoms with Crippen LogP contribution in [0.3, 0.4) is 0 Å². The van der Waals surface area contributed by atoms with Crippen molar-refractivity contribution in [3.8, 4) is 23.0 Å². The molecule has 13 aromatic rings. The predicted molar refractivity (Wildman–Crippen MR) is 569 cm³/mol. The van der Waals surface area contributed by atoms with Crippen molar-refractivity contribution in [2.24, 2.45) is 0 Å². The minimum absolute atomic E-state index is 0.0973. The molecule has 4 heterocycles. The lowest BCUT2D eigenvalue weighted by atomic mass is 9.99. The van der Waals surface area contributed by atoms with E-state index >= 15 is 0 Å². The SMILES string of the molecule is CCNCCOc1c(I)cc(C(=O)c2c(CC(=O)O)oc3ccccc23)cc1I.CCNCCOc1c(I)cc(C(=O)c2c(CC(=O)O[C@@H](C)CC)oc3ccccc23)cc1I.CC[C@H](C)OC(=O)Cc1oc2ccccc2c1C(=O)c1cc(I)c(O)c(I)c1.CC[C@H](C)OC(=O)Cc1oc2ccccc2c1C(=O)c1cc(I)c(OCCN(CC)Cc2ccccc2)c(I)c1. The summed E-state index contributed by atoms with van der Waals surface area (Å²) in [5.41, 5.74) is 6.84. The third kappa shape index (κ3) is 28.4. The first kappa shape index (κ1) is 105. The number of benzene rings is 9. The molecule has 9 aromatic carbocycles. The number of likely N-dealkylation sites (N-methyl/N-ethyl adjacent to an activating group) is 3. The number of fused-ring (bicyclic) bond motifs is 4. The highest BCUT2D eigenvalue weighted by Gasteiger charge is 2.32. The van der Waals surface area contributed by atoms with E-state index in [1.807, 2.05) is 179 Å². The van der Waals surface area contributed by atoms with Crippen molar-refractivity contribution in [3.05, 3.63) is 278 Å².